The van der Waals surface area contributed by atoms with E-state index in [2.05, 4.69) is 25.6 Å². The molecule has 0 radical (unpaired) electrons. The lowest BCUT2D eigenvalue weighted by atomic mass is 10.1. The van der Waals surface area contributed by atoms with E-state index in [0.717, 1.165) is 22.5 Å². The summed E-state index contributed by atoms with van der Waals surface area (Å²) in [5.41, 5.74) is 16.8. The summed E-state index contributed by atoms with van der Waals surface area (Å²) in [5.74, 6) is 0.163. The van der Waals surface area contributed by atoms with Gasteiger partial charge in [-0.2, -0.15) is 0 Å². The first-order chi connectivity index (χ1) is 15.0. The first-order valence-electron chi connectivity index (χ1n) is 9.57. The van der Waals surface area contributed by atoms with Crippen LogP contribution in [0.2, 0.25) is 0 Å². The number of benzene rings is 2. The number of nitrogens with zero attached hydrogens (tertiary/aromatic N) is 3. The molecule has 2 heterocycles. The molecule has 0 saturated carbocycles. The van der Waals surface area contributed by atoms with Crippen LogP contribution in [-0.2, 0) is 0 Å². The zero-order chi connectivity index (χ0) is 21.8. The van der Waals surface area contributed by atoms with Crippen molar-refractivity contribution in [3.05, 3.63) is 84.3 Å². The van der Waals surface area contributed by atoms with Gasteiger partial charge in [-0.1, -0.05) is 6.07 Å². The molecule has 2 aromatic carbocycles. The fourth-order valence-corrected chi connectivity index (χ4v) is 2.97. The van der Waals surface area contributed by atoms with Gasteiger partial charge >= 0.3 is 0 Å². The lowest BCUT2D eigenvalue weighted by Crippen LogP contribution is -2.13. The Morgan fingerprint density at radius 2 is 1.84 bits per heavy atom. The Morgan fingerprint density at radius 1 is 0.968 bits per heavy atom. The Hall–Kier alpha value is -4.46. The Bertz CT molecular complexity index is 1240. The molecule has 1 amide bonds. The lowest BCUT2D eigenvalue weighted by molar-refractivity contribution is 0.102. The third-order valence-corrected chi connectivity index (χ3v) is 4.70. The summed E-state index contributed by atoms with van der Waals surface area (Å²) in [7, 11) is 0. The molecule has 4 aromatic rings. The molecular formula is C23H21N7O. The molecule has 0 spiro atoms. The number of nitrogens with one attached hydrogen (secondary N) is 2. The van der Waals surface area contributed by atoms with E-state index in [9.17, 15) is 4.79 Å². The van der Waals surface area contributed by atoms with Gasteiger partial charge in [-0.3, -0.25) is 9.78 Å². The smallest absolute Gasteiger partial charge is 0.255 e. The SMILES string of the molecule is Cc1ccc(NC(=O)c2ccc(N)c(N)c2)cc1Nc1nccc(-c2cccnc2)n1. The Kier molecular flexibility index (Phi) is 5.44. The zero-order valence-electron chi connectivity index (χ0n) is 16.8. The summed E-state index contributed by atoms with van der Waals surface area (Å²) in [6, 6.07) is 16.0. The number of pyridine rings is 1. The minimum atomic E-state index is -0.281. The highest BCUT2D eigenvalue weighted by Gasteiger charge is 2.10. The van der Waals surface area contributed by atoms with Gasteiger partial charge in [-0.05, 0) is 61.0 Å². The summed E-state index contributed by atoms with van der Waals surface area (Å²) in [4.78, 5) is 25.6. The molecule has 8 heteroatoms. The Morgan fingerprint density at radius 3 is 2.61 bits per heavy atom. The summed E-state index contributed by atoms with van der Waals surface area (Å²) in [6.45, 7) is 1.96. The number of aromatic nitrogens is 3. The summed E-state index contributed by atoms with van der Waals surface area (Å²) < 4.78 is 0. The van der Waals surface area contributed by atoms with Gasteiger partial charge in [-0.25, -0.2) is 9.97 Å². The highest BCUT2D eigenvalue weighted by atomic mass is 16.1. The number of hydrogen-bond donors (Lipinski definition) is 4. The van der Waals surface area contributed by atoms with Crippen molar-refractivity contribution in [3.63, 3.8) is 0 Å². The van der Waals surface area contributed by atoms with Crippen molar-refractivity contribution >= 4 is 34.6 Å². The molecule has 0 aliphatic rings. The number of nitrogen functional groups attached to an aromatic ring is 2. The van der Waals surface area contributed by atoms with E-state index in [0.29, 0.717) is 28.6 Å². The van der Waals surface area contributed by atoms with Crippen molar-refractivity contribution in [2.75, 3.05) is 22.1 Å². The minimum absolute atomic E-state index is 0.281. The third kappa shape index (κ3) is 4.59. The highest BCUT2D eigenvalue weighted by Crippen LogP contribution is 2.25. The van der Waals surface area contributed by atoms with E-state index in [1.54, 1.807) is 36.8 Å². The van der Waals surface area contributed by atoms with Crippen LogP contribution in [0, 0.1) is 6.92 Å². The van der Waals surface area contributed by atoms with E-state index in [1.807, 2.05) is 43.3 Å². The molecular weight excluding hydrogens is 390 g/mol. The predicted octanol–water partition coefficient (Wildman–Crippen LogP) is 4.01. The Balaban J connectivity index is 1.54. The molecule has 0 fully saturated rings. The molecule has 0 bridgehead atoms. The van der Waals surface area contributed by atoms with Gasteiger partial charge in [-0.15, -0.1) is 0 Å². The number of carbonyl (C=O) groups is 1. The standard InChI is InChI=1S/C23H21N7O/c1-14-4-6-17(28-22(31)15-5-7-18(24)19(25)11-15)12-21(14)30-23-27-10-8-20(29-23)16-3-2-9-26-13-16/h2-13H,24-25H2,1H3,(H,28,31)(H,27,29,30). The number of hydrogen-bond acceptors (Lipinski definition) is 7. The second kappa shape index (κ2) is 8.50. The van der Waals surface area contributed by atoms with Crippen molar-refractivity contribution in [1.82, 2.24) is 15.0 Å². The van der Waals surface area contributed by atoms with Crippen LogP contribution in [0.1, 0.15) is 15.9 Å². The topological polar surface area (TPSA) is 132 Å². The van der Waals surface area contributed by atoms with Crippen LogP contribution < -0.4 is 22.1 Å². The maximum absolute atomic E-state index is 12.6. The molecule has 31 heavy (non-hydrogen) atoms. The van der Waals surface area contributed by atoms with Crippen molar-refractivity contribution in [2.24, 2.45) is 0 Å². The van der Waals surface area contributed by atoms with Crippen LogP contribution in [0.4, 0.5) is 28.7 Å². The molecule has 0 saturated heterocycles. The van der Waals surface area contributed by atoms with Gasteiger partial charge in [0, 0.05) is 41.1 Å². The Labute approximate surface area is 179 Å². The molecule has 154 valence electrons. The van der Waals surface area contributed by atoms with Crippen LogP contribution in [0.15, 0.2) is 73.2 Å². The first kappa shape index (κ1) is 19.8. The van der Waals surface area contributed by atoms with Crippen molar-refractivity contribution < 1.29 is 4.79 Å². The van der Waals surface area contributed by atoms with Crippen LogP contribution >= 0.6 is 0 Å². The predicted molar refractivity (Wildman–Crippen MR) is 123 cm³/mol. The molecule has 0 aliphatic carbocycles. The fraction of sp³-hybridized carbons (Fsp3) is 0.0435. The maximum atomic E-state index is 12.6. The molecule has 0 atom stereocenters. The second-order valence-electron chi connectivity index (χ2n) is 6.96. The number of nitrogens with two attached hydrogens (primary N) is 2. The average Bonchev–Trinajstić information content (AvgIpc) is 2.78. The summed E-state index contributed by atoms with van der Waals surface area (Å²) in [5, 5.41) is 6.09. The average molecular weight is 411 g/mol. The normalized spacial score (nSPS) is 10.5. The fourth-order valence-electron chi connectivity index (χ4n) is 2.97. The van der Waals surface area contributed by atoms with Crippen LogP contribution in [0.3, 0.4) is 0 Å². The number of carbonyl (C=O) groups excluding carboxylic acids is 1. The zero-order valence-corrected chi connectivity index (χ0v) is 16.8. The van der Waals surface area contributed by atoms with Crippen LogP contribution in [0.5, 0.6) is 0 Å². The van der Waals surface area contributed by atoms with Gasteiger partial charge in [0.05, 0.1) is 17.1 Å². The quantitative estimate of drug-likeness (QED) is 0.365. The molecule has 2 aromatic heterocycles. The van der Waals surface area contributed by atoms with Gasteiger partial charge in [0.25, 0.3) is 5.91 Å². The summed E-state index contributed by atoms with van der Waals surface area (Å²) >= 11 is 0. The van der Waals surface area contributed by atoms with Gasteiger partial charge in [0.2, 0.25) is 5.95 Å². The third-order valence-electron chi connectivity index (χ3n) is 4.70. The van der Waals surface area contributed by atoms with Gasteiger partial charge < -0.3 is 22.1 Å². The van der Waals surface area contributed by atoms with Gasteiger partial charge in [0.1, 0.15) is 0 Å². The number of anilines is 5. The van der Waals surface area contributed by atoms with E-state index in [-0.39, 0.29) is 5.91 Å². The van der Waals surface area contributed by atoms with Crippen molar-refractivity contribution in [2.45, 2.75) is 6.92 Å². The van der Waals surface area contributed by atoms with Crippen molar-refractivity contribution in [1.29, 1.82) is 0 Å². The lowest BCUT2D eigenvalue weighted by Gasteiger charge is -2.12. The molecule has 4 rings (SSSR count). The van der Waals surface area contributed by atoms with Crippen LogP contribution in [-0.4, -0.2) is 20.9 Å². The monoisotopic (exact) mass is 411 g/mol. The number of aryl methyl sites for hydroxylation is 1. The largest absolute Gasteiger partial charge is 0.397 e. The molecule has 6 N–H and O–H groups in total. The van der Waals surface area contributed by atoms with Crippen LogP contribution in [0.25, 0.3) is 11.3 Å². The first-order valence-corrected chi connectivity index (χ1v) is 9.57. The summed E-state index contributed by atoms with van der Waals surface area (Å²) in [6.07, 6.45) is 5.15. The van der Waals surface area contributed by atoms with Gasteiger partial charge in [0.15, 0.2) is 0 Å². The second-order valence-corrected chi connectivity index (χ2v) is 6.96. The van der Waals surface area contributed by atoms with Crippen molar-refractivity contribution in [3.8, 4) is 11.3 Å². The molecule has 0 aliphatic heterocycles. The van der Waals surface area contributed by atoms with E-state index < -0.39 is 0 Å². The van der Waals surface area contributed by atoms with E-state index >= 15 is 0 Å². The highest BCUT2D eigenvalue weighted by molar-refractivity contribution is 6.05. The van der Waals surface area contributed by atoms with E-state index in [1.165, 1.54) is 0 Å². The molecule has 0 unspecified atom stereocenters. The minimum Gasteiger partial charge on any atom is -0.397 e. The maximum Gasteiger partial charge on any atom is 0.255 e. The number of amides is 1. The number of rotatable bonds is 5. The molecule has 8 nitrogen and oxygen atoms in total. The van der Waals surface area contributed by atoms with E-state index in [4.69, 9.17) is 11.5 Å².